The lowest BCUT2D eigenvalue weighted by Gasteiger charge is -2.21. The molecule has 0 bridgehead atoms. The molecule has 0 aromatic carbocycles. The zero-order chi connectivity index (χ0) is 12.4. The van der Waals surface area contributed by atoms with Crippen molar-refractivity contribution in [3.05, 3.63) is 50.9 Å². The molecule has 2 heterocycles. The van der Waals surface area contributed by atoms with Crippen LogP contribution in [-0.2, 0) is 13.1 Å². The van der Waals surface area contributed by atoms with E-state index in [-0.39, 0.29) is 0 Å². The van der Waals surface area contributed by atoms with E-state index in [4.69, 9.17) is 0 Å². The fourth-order valence-electron chi connectivity index (χ4n) is 2.15. The van der Waals surface area contributed by atoms with E-state index < -0.39 is 0 Å². The molecule has 2 nitrogen and oxygen atoms in total. The van der Waals surface area contributed by atoms with Crippen LogP contribution in [0.15, 0.2) is 39.8 Å². The normalized spacial score (nSPS) is 15.2. The fraction of sp³-hybridized carbons (Fsp3) is 0.357. The molecule has 2 aromatic rings. The predicted octanol–water partition coefficient (Wildman–Crippen LogP) is 4.07. The Morgan fingerprint density at radius 1 is 1.28 bits per heavy atom. The SMILES string of the molecule is Brc1cncc(CN(Cc2ccsc2)C2CC2)c1. The summed E-state index contributed by atoms with van der Waals surface area (Å²) in [5, 5.41) is 4.40. The van der Waals surface area contributed by atoms with Gasteiger partial charge < -0.3 is 0 Å². The molecule has 0 N–H and O–H groups in total. The highest BCUT2D eigenvalue weighted by Crippen LogP contribution is 2.30. The van der Waals surface area contributed by atoms with Crippen molar-refractivity contribution in [3.63, 3.8) is 0 Å². The van der Waals surface area contributed by atoms with E-state index >= 15 is 0 Å². The number of halogens is 1. The maximum atomic E-state index is 4.24. The zero-order valence-electron chi connectivity index (χ0n) is 10.1. The fourth-order valence-corrected chi connectivity index (χ4v) is 3.22. The van der Waals surface area contributed by atoms with Gasteiger partial charge in [0.1, 0.15) is 0 Å². The lowest BCUT2D eigenvalue weighted by Crippen LogP contribution is -2.24. The van der Waals surface area contributed by atoms with Crippen LogP contribution in [-0.4, -0.2) is 15.9 Å². The minimum Gasteiger partial charge on any atom is -0.292 e. The maximum absolute atomic E-state index is 4.24. The minimum absolute atomic E-state index is 0.767. The van der Waals surface area contributed by atoms with Gasteiger partial charge in [-0.3, -0.25) is 9.88 Å². The number of hydrogen-bond donors (Lipinski definition) is 0. The molecule has 3 rings (SSSR count). The smallest absolute Gasteiger partial charge is 0.0410 e. The minimum atomic E-state index is 0.767. The molecule has 94 valence electrons. The van der Waals surface area contributed by atoms with E-state index in [0.717, 1.165) is 23.6 Å². The Bertz CT molecular complexity index is 508. The number of nitrogens with zero attached hydrogens (tertiary/aromatic N) is 2. The molecule has 1 aliphatic rings. The molecule has 0 amide bonds. The summed E-state index contributed by atoms with van der Waals surface area (Å²) in [6.45, 7) is 2.05. The van der Waals surface area contributed by atoms with Gasteiger partial charge >= 0.3 is 0 Å². The van der Waals surface area contributed by atoms with Crippen molar-refractivity contribution in [2.24, 2.45) is 0 Å². The van der Waals surface area contributed by atoms with Gasteiger partial charge in [0.2, 0.25) is 0 Å². The summed E-state index contributed by atoms with van der Waals surface area (Å²) in [4.78, 5) is 6.80. The number of rotatable bonds is 5. The van der Waals surface area contributed by atoms with Gasteiger partial charge in [-0.25, -0.2) is 0 Å². The van der Waals surface area contributed by atoms with Crippen molar-refractivity contribution < 1.29 is 0 Å². The van der Waals surface area contributed by atoms with Gasteiger partial charge in [-0.1, -0.05) is 0 Å². The van der Waals surface area contributed by atoms with E-state index in [1.54, 1.807) is 11.3 Å². The molecule has 2 aromatic heterocycles. The second-order valence-electron chi connectivity index (χ2n) is 4.78. The van der Waals surface area contributed by atoms with Crippen LogP contribution in [0.4, 0.5) is 0 Å². The molecule has 1 saturated carbocycles. The van der Waals surface area contributed by atoms with Crippen molar-refractivity contribution in [2.45, 2.75) is 32.0 Å². The molecule has 18 heavy (non-hydrogen) atoms. The summed E-state index contributed by atoms with van der Waals surface area (Å²) in [5.74, 6) is 0. The molecule has 4 heteroatoms. The average Bonchev–Trinajstić information content (AvgIpc) is 3.08. The third kappa shape index (κ3) is 3.19. The summed E-state index contributed by atoms with van der Waals surface area (Å²) in [7, 11) is 0. The van der Waals surface area contributed by atoms with Gasteiger partial charge in [0, 0.05) is 36.0 Å². The third-order valence-electron chi connectivity index (χ3n) is 3.18. The predicted molar refractivity (Wildman–Crippen MR) is 78.5 cm³/mol. The van der Waals surface area contributed by atoms with Crippen LogP contribution in [0, 0.1) is 0 Å². The number of hydrogen-bond acceptors (Lipinski definition) is 3. The Balaban J connectivity index is 1.70. The Labute approximate surface area is 120 Å². The van der Waals surface area contributed by atoms with E-state index in [0.29, 0.717) is 0 Å². The van der Waals surface area contributed by atoms with Gasteiger partial charge in [0.15, 0.2) is 0 Å². The topological polar surface area (TPSA) is 16.1 Å². The molecule has 0 saturated heterocycles. The number of thiophene rings is 1. The van der Waals surface area contributed by atoms with Crippen LogP contribution in [0.5, 0.6) is 0 Å². The maximum Gasteiger partial charge on any atom is 0.0410 e. The largest absolute Gasteiger partial charge is 0.292 e. The summed E-state index contributed by atoms with van der Waals surface area (Å²) in [6, 6.07) is 5.15. The molecule has 0 aliphatic heterocycles. The second-order valence-corrected chi connectivity index (χ2v) is 6.47. The molecule has 0 spiro atoms. The summed E-state index contributed by atoms with van der Waals surface area (Å²) in [6.07, 6.45) is 6.48. The van der Waals surface area contributed by atoms with E-state index in [2.05, 4.69) is 48.7 Å². The first-order chi connectivity index (χ1) is 8.81. The molecule has 0 radical (unpaired) electrons. The highest BCUT2D eigenvalue weighted by molar-refractivity contribution is 9.10. The van der Waals surface area contributed by atoms with E-state index in [9.17, 15) is 0 Å². The van der Waals surface area contributed by atoms with Gasteiger partial charge in [-0.15, -0.1) is 0 Å². The molecule has 0 unspecified atom stereocenters. The summed E-state index contributed by atoms with van der Waals surface area (Å²) < 4.78 is 1.06. The van der Waals surface area contributed by atoms with Gasteiger partial charge in [0.25, 0.3) is 0 Å². The van der Waals surface area contributed by atoms with Crippen molar-refractivity contribution in [1.82, 2.24) is 9.88 Å². The quantitative estimate of drug-likeness (QED) is 0.824. The summed E-state index contributed by atoms with van der Waals surface area (Å²) in [5.41, 5.74) is 2.71. The zero-order valence-corrected chi connectivity index (χ0v) is 12.5. The first-order valence-corrected chi connectivity index (χ1v) is 7.89. The molecule has 1 fully saturated rings. The molecule has 0 atom stereocenters. The van der Waals surface area contributed by atoms with Crippen LogP contribution in [0.3, 0.4) is 0 Å². The van der Waals surface area contributed by atoms with Gasteiger partial charge in [-0.05, 0) is 62.8 Å². The van der Waals surface area contributed by atoms with Crippen molar-refractivity contribution in [3.8, 4) is 0 Å². The van der Waals surface area contributed by atoms with Crippen LogP contribution < -0.4 is 0 Å². The van der Waals surface area contributed by atoms with Crippen LogP contribution in [0.2, 0.25) is 0 Å². The van der Waals surface area contributed by atoms with Crippen LogP contribution in [0.1, 0.15) is 24.0 Å². The highest BCUT2D eigenvalue weighted by Gasteiger charge is 2.29. The van der Waals surface area contributed by atoms with Gasteiger partial charge in [-0.2, -0.15) is 11.3 Å². The first-order valence-electron chi connectivity index (χ1n) is 6.16. The van der Waals surface area contributed by atoms with Crippen molar-refractivity contribution in [2.75, 3.05) is 0 Å². The molecule has 1 aliphatic carbocycles. The third-order valence-corrected chi connectivity index (χ3v) is 4.34. The molecular weight excluding hydrogens is 308 g/mol. The Kier molecular flexibility index (Phi) is 3.77. The van der Waals surface area contributed by atoms with Crippen LogP contribution in [0.25, 0.3) is 0 Å². The number of pyridine rings is 1. The Morgan fingerprint density at radius 3 is 2.78 bits per heavy atom. The second kappa shape index (κ2) is 5.51. The molecular formula is C14H15BrN2S. The van der Waals surface area contributed by atoms with Crippen LogP contribution >= 0.6 is 27.3 Å². The number of aromatic nitrogens is 1. The lowest BCUT2D eigenvalue weighted by atomic mass is 10.2. The van der Waals surface area contributed by atoms with Gasteiger partial charge in [0.05, 0.1) is 0 Å². The average molecular weight is 323 g/mol. The monoisotopic (exact) mass is 322 g/mol. The first kappa shape index (κ1) is 12.3. The lowest BCUT2D eigenvalue weighted by molar-refractivity contribution is 0.246. The summed E-state index contributed by atoms with van der Waals surface area (Å²) >= 11 is 5.26. The Morgan fingerprint density at radius 2 is 2.11 bits per heavy atom. The standard InChI is InChI=1S/C14H15BrN2S/c15-13-5-12(6-16-7-13)9-17(14-1-2-14)8-11-3-4-18-10-11/h3-7,10,14H,1-2,8-9H2. The van der Waals surface area contributed by atoms with E-state index in [1.807, 2.05) is 12.4 Å². The van der Waals surface area contributed by atoms with E-state index in [1.165, 1.54) is 24.0 Å². The van der Waals surface area contributed by atoms with Crippen molar-refractivity contribution in [1.29, 1.82) is 0 Å². The van der Waals surface area contributed by atoms with Crippen molar-refractivity contribution >= 4 is 27.3 Å². The highest BCUT2D eigenvalue weighted by atomic mass is 79.9. The Hall–Kier alpha value is -0.710.